The lowest BCUT2D eigenvalue weighted by Crippen LogP contribution is -2.33. The van der Waals surface area contributed by atoms with Gasteiger partial charge in [0.15, 0.2) is 0 Å². The molecule has 2 aliphatic rings. The number of hydrogen-bond acceptors (Lipinski definition) is 5. The summed E-state index contributed by atoms with van der Waals surface area (Å²) in [6.07, 6.45) is 2.96. The van der Waals surface area contributed by atoms with E-state index in [2.05, 4.69) is 39.5 Å². The highest BCUT2D eigenvalue weighted by Gasteiger charge is 2.36. The molecular weight excluding hydrogens is 464 g/mol. The van der Waals surface area contributed by atoms with Gasteiger partial charge in [0.25, 0.3) is 0 Å². The van der Waals surface area contributed by atoms with Crippen molar-refractivity contribution >= 4 is 34.9 Å². The lowest BCUT2D eigenvalue weighted by molar-refractivity contribution is -0.126. The van der Waals surface area contributed by atoms with E-state index >= 15 is 0 Å². The Kier molecular flexibility index (Phi) is 6.59. The number of halogens is 1. The number of pyridine rings is 1. The van der Waals surface area contributed by atoms with Crippen molar-refractivity contribution in [3.63, 3.8) is 0 Å². The fourth-order valence-corrected chi connectivity index (χ4v) is 4.89. The number of benzene rings is 2. The van der Waals surface area contributed by atoms with E-state index in [0.717, 1.165) is 30.9 Å². The standard InChI is InChI=1S/C27H27ClN4O3/c1-35-24-8-7-22(28)13-23(24)32-17-21(12-26(32)33)27(34)30-15-18-6-9-25(29-14-18)31-11-10-19-4-2-3-5-20(19)16-31/h2-9,13-14,21H,10-12,15-17H2,1H3,(H,30,34). The third-order valence-corrected chi connectivity index (χ3v) is 6.89. The van der Waals surface area contributed by atoms with Crippen molar-refractivity contribution in [1.82, 2.24) is 10.3 Å². The molecule has 0 aliphatic carbocycles. The summed E-state index contributed by atoms with van der Waals surface area (Å²) in [5, 5.41) is 3.46. The van der Waals surface area contributed by atoms with Crippen LogP contribution in [-0.4, -0.2) is 37.0 Å². The molecule has 0 radical (unpaired) electrons. The van der Waals surface area contributed by atoms with Crippen LogP contribution >= 0.6 is 11.6 Å². The van der Waals surface area contributed by atoms with E-state index in [1.165, 1.54) is 11.1 Å². The molecule has 3 heterocycles. The Hall–Kier alpha value is -3.58. The van der Waals surface area contributed by atoms with Crippen molar-refractivity contribution in [1.29, 1.82) is 0 Å². The molecule has 1 atom stereocenters. The van der Waals surface area contributed by atoms with Crippen LogP contribution in [0.2, 0.25) is 5.02 Å². The molecule has 1 fully saturated rings. The number of aromatic nitrogens is 1. The van der Waals surface area contributed by atoms with Crippen LogP contribution in [0.3, 0.4) is 0 Å². The summed E-state index contributed by atoms with van der Waals surface area (Å²) in [6.45, 7) is 2.43. The zero-order chi connectivity index (χ0) is 24.4. The number of fused-ring (bicyclic) bond motifs is 1. The third-order valence-electron chi connectivity index (χ3n) is 6.66. The van der Waals surface area contributed by atoms with Gasteiger partial charge in [0, 0.05) is 43.8 Å². The Morgan fingerprint density at radius 3 is 2.77 bits per heavy atom. The van der Waals surface area contributed by atoms with Crippen LogP contribution in [0.5, 0.6) is 5.75 Å². The molecule has 5 rings (SSSR count). The van der Waals surface area contributed by atoms with Gasteiger partial charge in [-0.3, -0.25) is 9.59 Å². The molecule has 0 saturated carbocycles. The molecule has 0 bridgehead atoms. The van der Waals surface area contributed by atoms with E-state index in [0.29, 0.717) is 23.0 Å². The predicted molar refractivity (Wildman–Crippen MR) is 136 cm³/mol. The van der Waals surface area contributed by atoms with Gasteiger partial charge < -0.3 is 19.9 Å². The second kappa shape index (κ2) is 9.96. The number of carbonyl (C=O) groups excluding carboxylic acids is 2. The van der Waals surface area contributed by atoms with Gasteiger partial charge in [-0.2, -0.15) is 0 Å². The van der Waals surface area contributed by atoms with Gasteiger partial charge in [-0.1, -0.05) is 41.9 Å². The van der Waals surface area contributed by atoms with E-state index in [1.54, 1.807) is 36.4 Å². The van der Waals surface area contributed by atoms with Gasteiger partial charge in [-0.15, -0.1) is 0 Å². The van der Waals surface area contributed by atoms with Gasteiger partial charge in [-0.05, 0) is 47.4 Å². The second-order valence-electron chi connectivity index (χ2n) is 8.90. The summed E-state index contributed by atoms with van der Waals surface area (Å²) >= 11 is 6.12. The van der Waals surface area contributed by atoms with Crippen LogP contribution in [0.4, 0.5) is 11.5 Å². The highest BCUT2D eigenvalue weighted by Crippen LogP contribution is 2.35. The Morgan fingerprint density at radius 1 is 1.17 bits per heavy atom. The minimum absolute atomic E-state index is 0.125. The number of amides is 2. The number of methoxy groups -OCH3 is 1. The smallest absolute Gasteiger partial charge is 0.227 e. The Bertz CT molecular complexity index is 1250. The maximum Gasteiger partial charge on any atom is 0.227 e. The summed E-state index contributed by atoms with van der Waals surface area (Å²) in [6, 6.07) is 17.6. The number of anilines is 2. The molecule has 2 aliphatic heterocycles. The average Bonchev–Trinajstić information content (AvgIpc) is 3.28. The molecule has 1 N–H and O–H groups in total. The zero-order valence-electron chi connectivity index (χ0n) is 19.5. The summed E-state index contributed by atoms with van der Waals surface area (Å²) in [5.41, 5.74) is 4.24. The van der Waals surface area contributed by atoms with E-state index < -0.39 is 5.92 Å². The summed E-state index contributed by atoms with van der Waals surface area (Å²) in [7, 11) is 1.54. The monoisotopic (exact) mass is 490 g/mol. The molecule has 1 unspecified atom stereocenters. The maximum atomic E-state index is 12.8. The van der Waals surface area contributed by atoms with Crippen molar-refractivity contribution in [3.8, 4) is 5.75 Å². The molecule has 1 aromatic heterocycles. The lowest BCUT2D eigenvalue weighted by atomic mass is 10.00. The van der Waals surface area contributed by atoms with Crippen LogP contribution in [-0.2, 0) is 29.1 Å². The normalized spacial score (nSPS) is 17.3. The van der Waals surface area contributed by atoms with Crippen molar-refractivity contribution in [2.75, 3.05) is 30.0 Å². The quantitative estimate of drug-likeness (QED) is 0.566. The van der Waals surface area contributed by atoms with E-state index in [1.807, 2.05) is 12.1 Å². The van der Waals surface area contributed by atoms with Gasteiger partial charge in [0.1, 0.15) is 11.6 Å². The number of nitrogens with zero attached hydrogens (tertiary/aromatic N) is 3. The maximum absolute atomic E-state index is 12.8. The molecule has 3 aromatic rings. The van der Waals surface area contributed by atoms with Crippen LogP contribution in [0.25, 0.3) is 0 Å². The molecule has 180 valence electrons. The number of hydrogen-bond donors (Lipinski definition) is 1. The first-order chi connectivity index (χ1) is 17.0. The van der Waals surface area contributed by atoms with Crippen LogP contribution in [0.15, 0.2) is 60.8 Å². The van der Waals surface area contributed by atoms with Crippen molar-refractivity contribution in [3.05, 3.63) is 82.5 Å². The van der Waals surface area contributed by atoms with Crippen molar-refractivity contribution in [2.24, 2.45) is 5.92 Å². The topological polar surface area (TPSA) is 74.8 Å². The molecule has 1 saturated heterocycles. The number of ether oxygens (including phenoxy) is 1. The van der Waals surface area contributed by atoms with Gasteiger partial charge in [0.2, 0.25) is 11.8 Å². The number of nitrogens with one attached hydrogen (secondary N) is 1. The van der Waals surface area contributed by atoms with E-state index in [-0.39, 0.29) is 24.8 Å². The lowest BCUT2D eigenvalue weighted by Gasteiger charge is -2.29. The molecule has 2 amide bonds. The van der Waals surface area contributed by atoms with Gasteiger partial charge >= 0.3 is 0 Å². The van der Waals surface area contributed by atoms with E-state index in [9.17, 15) is 9.59 Å². The minimum Gasteiger partial charge on any atom is -0.495 e. The van der Waals surface area contributed by atoms with E-state index in [4.69, 9.17) is 16.3 Å². The number of rotatable bonds is 6. The molecule has 8 heteroatoms. The minimum atomic E-state index is -0.438. The highest BCUT2D eigenvalue weighted by molar-refractivity contribution is 6.31. The van der Waals surface area contributed by atoms with Gasteiger partial charge in [-0.25, -0.2) is 4.98 Å². The van der Waals surface area contributed by atoms with Crippen LogP contribution in [0, 0.1) is 5.92 Å². The molecule has 0 spiro atoms. The summed E-state index contributed by atoms with van der Waals surface area (Å²) < 4.78 is 5.37. The van der Waals surface area contributed by atoms with Crippen LogP contribution in [0.1, 0.15) is 23.1 Å². The highest BCUT2D eigenvalue weighted by atomic mass is 35.5. The SMILES string of the molecule is COc1ccc(Cl)cc1N1CC(C(=O)NCc2ccc(N3CCc4ccccc4C3)nc2)CC1=O. The fraction of sp³-hybridized carbons (Fsp3) is 0.296. The summed E-state index contributed by atoms with van der Waals surface area (Å²) in [5.74, 6) is 0.763. The first-order valence-electron chi connectivity index (χ1n) is 11.7. The Morgan fingerprint density at radius 2 is 2.00 bits per heavy atom. The first kappa shape index (κ1) is 23.2. The summed E-state index contributed by atoms with van der Waals surface area (Å²) in [4.78, 5) is 33.9. The predicted octanol–water partition coefficient (Wildman–Crippen LogP) is 3.98. The molecule has 7 nitrogen and oxygen atoms in total. The molecular formula is C27H27ClN4O3. The zero-order valence-corrected chi connectivity index (χ0v) is 20.3. The average molecular weight is 491 g/mol. The third kappa shape index (κ3) is 4.95. The Balaban J connectivity index is 1.17. The first-order valence-corrected chi connectivity index (χ1v) is 12.1. The second-order valence-corrected chi connectivity index (χ2v) is 9.34. The van der Waals surface area contributed by atoms with Gasteiger partial charge in [0.05, 0.1) is 18.7 Å². The van der Waals surface area contributed by atoms with Crippen LogP contribution < -0.4 is 19.9 Å². The Labute approximate surface area is 209 Å². The van der Waals surface area contributed by atoms with Crippen molar-refractivity contribution in [2.45, 2.75) is 25.9 Å². The molecule has 35 heavy (non-hydrogen) atoms. The number of carbonyl (C=O) groups is 2. The van der Waals surface area contributed by atoms with Crippen molar-refractivity contribution < 1.29 is 14.3 Å². The molecule has 2 aromatic carbocycles. The largest absolute Gasteiger partial charge is 0.495 e. The fourth-order valence-electron chi connectivity index (χ4n) is 4.72.